The van der Waals surface area contributed by atoms with Crippen LogP contribution in [0.3, 0.4) is 0 Å². The standard InChI is InChI=1S/C10H16N4O3S2/c1-6(15)12-7-3-4-14(5-7)10-8(19(2,16)17)9(11)13-18-10/h7H,3-5H2,1-2H3,(H2,11,13)(H,12,15). The number of carbonyl (C=O) groups is 1. The van der Waals surface area contributed by atoms with Crippen LogP contribution in [-0.2, 0) is 14.6 Å². The number of nitrogen functional groups attached to an aromatic ring is 1. The Labute approximate surface area is 115 Å². The Balaban J connectivity index is 2.23. The zero-order valence-electron chi connectivity index (χ0n) is 10.7. The maximum atomic E-state index is 11.7. The third-order valence-electron chi connectivity index (χ3n) is 2.91. The van der Waals surface area contributed by atoms with Crippen LogP contribution in [0.15, 0.2) is 4.90 Å². The van der Waals surface area contributed by atoms with Gasteiger partial charge >= 0.3 is 0 Å². The summed E-state index contributed by atoms with van der Waals surface area (Å²) in [4.78, 5) is 13.0. The second-order valence-corrected chi connectivity index (χ2v) is 7.31. The van der Waals surface area contributed by atoms with E-state index >= 15 is 0 Å². The molecule has 0 saturated carbocycles. The van der Waals surface area contributed by atoms with Crippen LogP contribution in [0.2, 0.25) is 0 Å². The van der Waals surface area contributed by atoms with Gasteiger partial charge in [-0.1, -0.05) is 0 Å². The minimum atomic E-state index is -3.40. The normalized spacial score (nSPS) is 19.7. The lowest BCUT2D eigenvalue weighted by Gasteiger charge is -2.17. The molecular formula is C10H16N4O3S2. The molecule has 1 aromatic heterocycles. The van der Waals surface area contributed by atoms with Crippen molar-refractivity contribution in [1.29, 1.82) is 0 Å². The van der Waals surface area contributed by atoms with Gasteiger partial charge in [0, 0.05) is 32.3 Å². The van der Waals surface area contributed by atoms with Crippen LogP contribution in [-0.4, -0.2) is 44.1 Å². The highest BCUT2D eigenvalue weighted by Gasteiger charge is 2.30. The Kier molecular flexibility index (Phi) is 3.68. The van der Waals surface area contributed by atoms with Gasteiger partial charge in [-0.2, -0.15) is 4.37 Å². The van der Waals surface area contributed by atoms with Crippen molar-refractivity contribution in [2.24, 2.45) is 0 Å². The number of anilines is 2. The van der Waals surface area contributed by atoms with E-state index < -0.39 is 9.84 Å². The average molecular weight is 304 g/mol. The topological polar surface area (TPSA) is 105 Å². The Morgan fingerprint density at radius 1 is 1.58 bits per heavy atom. The molecule has 1 atom stereocenters. The average Bonchev–Trinajstić information content (AvgIpc) is 2.82. The molecule has 0 aromatic carbocycles. The number of hydrogen-bond donors (Lipinski definition) is 2. The fraction of sp³-hybridized carbons (Fsp3) is 0.600. The summed E-state index contributed by atoms with van der Waals surface area (Å²) in [5.41, 5.74) is 5.63. The van der Waals surface area contributed by atoms with Crippen LogP contribution in [0.4, 0.5) is 10.8 Å². The molecule has 1 aliphatic rings. The number of sulfone groups is 1. The SMILES string of the molecule is CC(=O)NC1CCN(c2snc(N)c2S(C)(=O)=O)C1. The summed E-state index contributed by atoms with van der Waals surface area (Å²) in [6.07, 6.45) is 1.90. The lowest BCUT2D eigenvalue weighted by Crippen LogP contribution is -2.35. The van der Waals surface area contributed by atoms with E-state index in [0.717, 1.165) is 24.2 Å². The minimum absolute atomic E-state index is 0.0354. The van der Waals surface area contributed by atoms with E-state index in [4.69, 9.17) is 5.73 Å². The molecule has 3 N–H and O–H groups in total. The molecule has 9 heteroatoms. The fourth-order valence-electron chi connectivity index (χ4n) is 2.18. The van der Waals surface area contributed by atoms with Gasteiger partial charge in [-0.05, 0) is 18.0 Å². The van der Waals surface area contributed by atoms with E-state index in [-0.39, 0.29) is 22.7 Å². The maximum Gasteiger partial charge on any atom is 0.217 e. The smallest absolute Gasteiger partial charge is 0.217 e. The zero-order chi connectivity index (χ0) is 14.2. The van der Waals surface area contributed by atoms with Gasteiger partial charge < -0.3 is 16.0 Å². The second kappa shape index (κ2) is 4.97. The molecule has 1 fully saturated rings. The van der Waals surface area contributed by atoms with Crippen molar-refractivity contribution in [3.05, 3.63) is 0 Å². The van der Waals surface area contributed by atoms with E-state index in [0.29, 0.717) is 18.1 Å². The number of aromatic nitrogens is 1. The monoisotopic (exact) mass is 304 g/mol. The predicted octanol–water partition coefficient (Wildman–Crippen LogP) is -0.156. The molecule has 7 nitrogen and oxygen atoms in total. The molecule has 2 rings (SSSR count). The van der Waals surface area contributed by atoms with Crippen molar-refractivity contribution in [3.63, 3.8) is 0 Å². The van der Waals surface area contributed by atoms with Crippen LogP contribution < -0.4 is 16.0 Å². The summed E-state index contributed by atoms with van der Waals surface area (Å²) >= 11 is 1.08. The molecule has 0 radical (unpaired) electrons. The van der Waals surface area contributed by atoms with E-state index in [1.807, 2.05) is 4.90 Å². The Morgan fingerprint density at radius 3 is 2.84 bits per heavy atom. The number of nitrogens with zero attached hydrogens (tertiary/aromatic N) is 2. The second-order valence-electron chi connectivity index (χ2n) is 4.61. The Hall–Kier alpha value is -1.35. The van der Waals surface area contributed by atoms with E-state index in [1.54, 1.807) is 0 Å². The van der Waals surface area contributed by atoms with Crippen molar-refractivity contribution in [1.82, 2.24) is 9.69 Å². The molecule has 19 heavy (non-hydrogen) atoms. The van der Waals surface area contributed by atoms with Crippen molar-refractivity contribution >= 4 is 38.1 Å². The molecule has 106 valence electrons. The number of carbonyl (C=O) groups excluding carboxylic acids is 1. The highest BCUT2D eigenvalue weighted by Crippen LogP contribution is 2.36. The molecule has 0 spiro atoms. The highest BCUT2D eigenvalue weighted by molar-refractivity contribution is 7.91. The molecule has 1 saturated heterocycles. The van der Waals surface area contributed by atoms with Crippen LogP contribution in [0.5, 0.6) is 0 Å². The highest BCUT2D eigenvalue weighted by atomic mass is 32.2. The van der Waals surface area contributed by atoms with Gasteiger partial charge in [-0.25, -0.2) is 8.42 Å². The number of amides is 1. The van der Waals surface area contributed by atoms with E-state index in [9.17, 15) is 13.2 Å². The first-order valence-corrected chi connectivity index (χ1v) is 8.42. The molecule has 0 aliphatic carbocycles. The third kappa shape index (κ3) is 2.98. The summed E-state index contributed by atoms with van der Waals surface area (Å²) in [6.45, 7) is 2.72. The Bertz CT molecular complexity index is 596. The van der Waals surface area contributed by atoms with Gasteiger partial charge in [0.25, 0.3) is 0 Å². The number of hydrogen-bond acceptors (Lipinski definition) is 7. The first-order chi connectivity index (χ1) is 8.79. The summed E-state index contributed by atoms with van der Waals surface area (Å²) < 4.78 is 27.4. The minimum Gasteiger partial charge on any atom is -0.382 e. The lowest BCUT2D eigenvalue weighted by atomic mass is 10.3. The molecule has 0 bridgehead atoms. The quantitative estimate of drug-likeness (QED) is 0.804. The third-order valence-corrected chi connectivity index (χ3v) is 5.11. The molecule has 1 unspecified atom stereocenters. The van der Waals surface area contributed by atoms with E-state index in [1.165, 1.54) is 6.92 Å². The summed E-state index contributed by atoms with van der Waals surface area (Å²) in [5, 5.41) is 3.39. The van der Waals surface area contributed by atoms with Crippen molar-refractivity contribution in [2.75, 3.05) is 30.0 Å². The largest absolute Gasteiger partial charge is 0.382 e. The van der Waals surface area contributed by atoms with Gasteiger partial charge in [-0.3, -0.25) is 4.79 Å². The van der Waals surface area contributed by atoms with Crippen LogP contribution in [0, 0.1) is 0 Å². The fourth-order valence-corrected chi connectivity index (χ4v) is 4.43. The number of nitrogens with one attached hydrogen (secondary N) is 1. The zero-order valence-corrected chi connectivity index (χ0v) is 12.3. The molecule has 1 amide bonds. The van der Waals surface area contributed by atoms with Crippen LogP contribution >= 0.6 is 11.5 Å². The summed E-state index contributed by atoms with van der Waals surface area (Å²) in [5.74, 6) is -0.0375. The predicted molar refractivity (Wildman–Crippen MR) is 74.1 cm³/mol. The number of nitrogens with two attached hydrogens (primary N) is 1. The van der Waals surface area contributed by atoms with Crippen LogP contribution in [0.1, 0.15) is 13.3 Å². The van der Waals surface area contributed by atoms with Gasteiger partial charge in [-0.15, -0.1) is 0 Å². The summed E-state index contributed by atoms with van der Waals surface area (Å²) in [7, 11) is -3.40. The van der Waals surface area contributed by atoms with Gasteiger partial charge in [0.05, 0.1) is 0 Å². The molecule has 1 aromatic rings. The molecular weight excluding hydrogens is 288 g/mol. The first kappa shape index (κ1) is 14.1. The molecule has 1 aliphatic heterocycles. The Morgan fingerprint density at radius 2 is 2.26 bits per heavy atom. The number of rotatable bonds is 3. The van der Waals surface area contributed by atoms with Crippen molar-refractivity contribution < 1.29 is 13.2 Å². The van der Waals surface area contributed by atoms with E-state index in [2.05, 4.69) is 9.69 Å². The lowest BCUT2D eigenvalue weighted by molar-refractivity contribution is -0.119. The van der Waals surface area contributed by atoms with Crippen molar-refractivity contribution in [3.8, 4) is 0 Å². The van der Waals surface area contributed by atoms with Crippen molar-refractivity contribution in [2.45, 2.75) is 24.3 Å². The van der Waals surface area contributed by atoms with Gasteiger partial charge in [0.1, 0.15) is 9.90 Å². The summed E-state index contributed by atoms with van der Waals surface area (Å²) in [6, 6.07) is 0.0354. The van der Waals surface area contributed by atoms with Crippen LogP contribution in [0.25, 0.3) is 0 Å². The maximum absolute atomic E-state index is 11.7. The van der Waals surface area contributed by atoms with Gasteiger partial charge in [0.15, 0.2) is 15.7 Å². The molecule has 2 heterocycles. The van der Waals surface area contributed by atoms with Gasteiger partial charge in [0.2, 0.25) is 5.91 Å². The first-order valence-electron chi connectivity index (χ1n) is 5.76.